The summed E-state index contributed by atoms with van der Waals surface area (Å²) in [6.45, 7) is 1.50. The molecule has 0 saturated carbocycles. The fourth-order valence-electron chi connectivity index (χ4n) is 1.71. The number of esters is 1. The third kappa shape index (κ3) is 3.96. The van der Waals surface area contributed by atoms with Crippen molar-refractivity contribution in [1.82, 2.24) is 0 Å². The van der Waals surface area contributed by atoms with Crippen LogP contribution in [0.15, 0.2) is 54.1 Å². The molecule has 0 bridgehead atoms. The number of carboxylic acids is 1. The van der Waals surface area contributed by atoms with Crippen LogP contribution in [0.3, 0.4) is 0 Å². The van der Waals surface area contributed by atoms with Gasteiger partial charge in [0, 0.05) is 5.57 Å². The number of hydrogen-bond acceptors (Lipinski definition) is 4. The fraction of sp³-hybridized carbons (Fsp3) is 0.0588. The smallest absolute Gasteiger partial charge is 0.343 e. The first-order chi connectivity index (χ1) is 10.5. The largest absolute Gasteiger partial charge is 0.508 e. The molecule has 0 aliphatic heterocycles. The van der Waals surface area contributed by atoms with E-state index >= 15 is 0 Å². The lowest BCUT2D eigenvalue weighted by Crippen LogP contribution is -2.08. The average molecular weight is 298 g/mol. The van der Waals surface area contributed by atoms with Gasteiger partial charge in [0.1, 0.15) is 11.5 Å². The van der Waals surface area contributed by atoms with Crippen LogP contribution in [0.4, 0.5) is 0 Å². The molecular weight excluding hydrogens is 284 g/mol. The minimum absolute atomic E-state index is 0.0708. The summed E-state index contributed by atoms with van der Waals surface area (Å²) in [5.41, 5.74) is 1.24. The van der Waals surface area contributed by atoms with E-state index in [4.69, 9.17) is 9.84 Å². The molecule has 2 aromatic rings. The number of carbonyl (C=O) groups is 2. The highest BCUT2D eigenvalue weighted by atomic mass is 16.5. The van der Waals surface area contributed by atoms with E-state index in [2.05, 4.69) is 0 Å². The Morgan fingerprint density at radius 2 is 1.59 bits per heavy atom. The first-order valence-electron chi connectivity index (χ1n) is 6.48. The summed E-state index contributed by atoms with van der Waals surface area (Å²) in [5.74, 6) is -1.10. The lowest BCUT2D eigenvalue weighted by atomic mass is 10.1. The molecule has 0 aliphatic rings. The second kappa shape index (κ2) is 6.58. The second-order valence-electron chi connectivity index (χ2n) is 4.64. The third-order valence-electron chi connectivity index (χ3n) is 2.91. The molecule has 0 fully saturated rings. The molecule has 2 aromatic carbocycles. The number of aromatic hydroxyl groups is 1. The lowest BCUT2D eigenvalue weighted by Gasteiger charge is -2.05. The van der Waals surface area contributed by atoms with Gasteiger partial charge in [-0.1, -0.05) is 12.1 Å². The Hall–Kier alpha value is -3.08. The van der Waals surface area contributed by atoms with Gasteiger partial charge >= 0.3 is 11.9 Å². The zero-order valence-corrected chi connectivity index (χ0v) is 11.8. The SMILES string of the molecule is CC(=Cc1ccc(OC(=O)c2ccc(O)cc2)cc1)C(=O)O. The first kappa shape index (κ1) is 15.3. The zero-order valence-electron chi connectivity index (χ0n) is 11.8. The number of phenols is 1. The highest BCUT2D eigenvalue weighted by molar-refractivity contribution is 5.92. The van der Waals surface area contributed by atoms with E-state index in [9.17, 15) is 14.7 Å². The van der Waals surface area contributed by atoms with Crippen LogP contribution in [-0.2, 0) is 4.79 Å². The van der Waals surface area contributed by atoms with Gasteiger partial charge in [-0.05, 0) is 55.0 Å². The Morgan fingerprint density at radius 1 is 1.00 bits per heavy atom. The average Bonchev–Trinajstić information content (AvgIpc) is 2.49. The molecule has 0 atom stereocenters. The number of hydrogen-bond donors (Lipinski definition) is 2. The summed E-state index contributed by atoms with van der Waals surface area (Å²) in [5, 5.41) is 18.0. The number of carbonyl (C=O) groups excluding carboxylic acids is 1. The van der Waals surface area contributed by atoms with Gasteiger partial charge in [-0.15, -0.1) is 0 Å². The minimum Gasteiger partial charge on any atom is -0.508 e. The fourth-order valence-corrected chi connectivity index (χ4v) is 1.71. The summed E-state index contributed by atoms with van der Waals surface area (Å²) in [4.78, 5) is 22.6. The highest BCUT2D eigenvalue weighted by Gasteiger charge is 2.08. The van der Waals surface area contributed by atoms with Crippen LogP contribution in [0.2, 0.25) is 0 Å². The number of rotatable bonds is 4. The molecule has 5 nitrogen and oxygen atoms in total. The van der Waals surface area contributed by atoms with Gasteiger partial charge in [0.25, 0.3) is 0 Å². The molecule has 2 N–H and O–H groups in total. The molecule has 0 radical (unpaired) electrons. The molecule has 5 heteroatoms. The predicted octanol–water partition coefficient (Wildman–Crippen LogP) is 3.10. The van der Waals surface area contributed by atoms with E-state index in [0.29, 0.717) is 16.9 Å². The maximum Gasteiger partial charge on any atom is 0.343 e. The Morgan fingerprint density at radius 3 is 2.14 bits per heavy atom. The quantitative estimate of drug-likeness (QED) is 0.515. The summed E-state index contributed by atoms with van der Waals surface area (Å²) in [7, 11) is 0. The van der Waals surface area contributed by atoms with Crippen LogP contribution in [0, 0.1) is 0 Å². The second-order valence-corrected chi connectivity index (χ2v) is 4.64. The Kier molecular flexibility index (Phi) is 4.58. The van der Waals surface area contributed by atoms with Gasteiger partial charge in [0.15, 0.2) is 0 Å². The molecule has 0 aliphatic carbocycles. The van der Waals surface area contributed by atoms with E-state index in [-0.39, 0.29) is 11.3 Å². The number of phenolic OH excluding ortho intramolecular Hbond substituents is 1. The van der Waals surface area contributed by atoms with Crippen molar-refractivity contribution in [2.24, 2.45) is 0 Å². The van der Waals surface area contributed by atoms with Gasteiger partial charge in [-0.3, -0.25) is 0 Å². The summed E-state index contributed by atoms with van der Waals surface area (Å²) >= 11 is 0. The van der Waals surface area contributed by atoms with Crippen molar-refractivity contribution >= 4 is 18.0 Å². The molecule has 0 spiro atoms. The van der Waals surface area contributed by atoms with E-state index in [0.717, 1.165) is 0 Å². The van der Waals surface area contributed by atoms with Crippen molar-refractivity contribution in [3.05, 3.63) is 65.2 Å². The van der Waals surface area contributed by atoms with Crippen LogP contribution in [0.25, 0.3) is 6.08 Å². The van der Waals surface area contributed by atoms with E-state index in [1.165, 1.54) is 37.3 Å². The summed E-state index contributed by atoms with van der Waals surface area (Å²) in [6, 6.07) is 12.2. The van der Waals surface area contributed by atoms with Crippen molar-refractivity contribution in [3.8, 4) is 11.5 Å². The van der Waals surface area contributed by atoms with Crippen molar-refractivity contribution < 1.29 is 24.5 Å². The van der Waals surface area contributed by atoms with Gasteiger partial charge in [-0.25, -0.2) is 9.59 Å². The van der Waals surface area contributed by atoms with Crippen LogP contribution in [-0.4, -0.2) is 22.2 Å². The molecule has 0 aromatic heterocycles. The number of carboxylic acid groups (broad SMARTS) is 1. The van der Waals surface area contributed by atoms with Crippen molar-refractivity contribution in [2.45, 2.75) is 6.92 Å². The zero-order chi connectivity index (χ0) is 16.1. The summed E-state index contributed by atoms with van der Waals surface area (Å²) in [6.07, 6.45) is 1.52. The molecule has 22 heavy (non-hydrogen) atoms. The topological polar surface area (TPSA) is 83.8 Å². The first-order valence-corrected chi connectivity index (χ1v) is 6.48. The molecule has 112 valence electrons. The number of ether oxygens (including phenoxy) is 1. The van der Waals surface area contributed by atoms with E-state index in [1.54, 1.807) is 24.3 Å². The molecule has 0 heterocycles. The van der Waals surface area contributed by atoms with Gasteiger partial charge in [-0.2, -0.15) is 0 Å². The molecule has 0 amide bonds. The van der Waals surface area contributed by atoms with E-state index < -0.39 is 11.9 Å². The maximum absolute atomic E-state index is 11.9. The third-order valence-corrected chi connectivity index (χ3v) is 2.91. The molecule has 0 unspecified atom stereocenters. The highest BCUT2D eigenvalue weighted by Crippen LogP contribution is 2.17. The molecular formula is C17H14O5. The normalized spacial score (nSPS) is 11.0. The Bertz CT molecular complexity index is 712. The molecule has 0 saturated heterocycles. The van der Waals surface area contributed by atoms with Crippen LogP contribution in [0.1, 0.15) is 22.8 Å². The monoisotopic (exact) mass is 298 g/mol. The Labute approximate surface area is 127 Å². The standard InChI is InChI=1S/C17H14O5/c1-11(16(19)20)10-12-2-8-15(9-3-12)22-17(21)13-4-6-14(18)7-5-13/h2-10,18H,1H3,(H,19,20). The van der Waals surface area contributed by atoms with Crippen LogP contribution in [0.5, 0.6) is 11.5 Å². The van der Waals surface area contributed by atoms with E-state index in [1.807, 2.05) is 0 Å². The van der Waals surface area contributed by atoms with Gasteiger partial charge < -0.3 is 14.9 Å². The summed E-state index contributed by atoms with van der Waals surface area (Å²) < 4.78 is 5.19. The number of aliphatic carboxylic acids is 1. The minimum atomic E-state index is -0.983. The van der Waals surface area contributed by atoms with Crippen molar-refractivity contribution in [1.29, 1.82) is 0 Å². The lowest BCUT2D eigenvalue weighted by molar-refractivity contribution is -0.132. The van der Waals surface area contributed by atoms with Crippen molar-refractivity contribution in [3.63, 3.8) is 0 Å². The Balaban J connectivity index is 2.08. The van der Waals surface area contributed by atoms with Crippen LogP contribution < -0.4 is 4.74 Å². The van der Waals surface area contributed by atoms with Crippen molar-refractivity contribution in [2.75, 3.05) is 0 Å². The maximum atomic E-state index is 11.9. The number of benzene rings is 2. The van der Waals surface area contributed by atoms with Gasteiger partial charge in [0.05, 0.1) is 5.56 Å². The predicted molar refractivity (Wildman–Crippen MR) is 80.8 cm³/mol. The van der Waals surface area contributed by atoms with Gasteiger partial charge in [0.2, 0.25) is 0 Å². The van der Waals surface area contributed by atoms with Crippen LogP contribution >= 0.6 is 0 Å². The molecule has 2 rings (SSSR count).